The number of aryl methyl sites for hydroxylation is 1. The van der Waals surface area contributed by atoms with Gasteiger partial charge in [0.1, 0.15) is 12.2 Å². The molecular weight excluding hydrogens is 477 g/mol. The molecule has 6 nitrogen and oxygen atoms in total. The second-order valence-electron chi connectivity index (χ2n) is 10.00. The minimum Gasteiger partial charge on any atom is -0.368 e. The highest BCUT2D eigenvalue weighted by molar-refractivity contribution is 5.87. The lowest BCUT2D eigenvalue weighted by molar-refractivity contribution is -0.137. The molecule has 37 heavy (non-hydrogen) atoms. The van der Waals surface area contributed by atoms with E-state index in [1.807, 2.05) is 0 Å². The van der Waals surface area contributed by atoms with Crippen LogP contribution in [0.4, 0.5) is 24.7 Å². The summed E-state index contributed by atoms with van der Waals surface area (Å²) in [7, 11) is 0. The molecule has 192 valence electrons. The van der Waals surface area contributed by atoms with Crippen LogP contribution in [0.15, 0.2) is 54.9 Å². The van der Waals surface area contributed by atoms with Gasteiger partial charge in [-0.25, -0.2) is 15.0 Å². The molecule has 2 aromatic carbocycles. The molecule has 4 aromatic rings. The number of anilines is 2. The van der Waals surface area contributed by atoms with Crippen molar-refractivity contribution in [2.45, 2.75) is 44.8 Å². The number of fused-ring (bicyclic) bond motifs is 1. The molecule has 0 bridgehead atoms. The molecule has 1 saturated heterocycles. The first-order valence-corrected chi connectivity index (χ1v) is 12.9. The Morgan fingerprint density at radius 3 is 2.11 bits per heavy atom. The molecule has 0 spiro atoms. The van der Waals surface area contributed by atoms with Gasteiger partial charge in [-0.15, -0.1) is 0 Å². The average Bonchev–Trinajstić information content (AvgIpc) is 3.57. The zero-order valence-corrected chi connectivity index (χ0v) is 20.7. The predicted octanol–water partition coefficient (Wildman–Crippen LogP) is 6.26. The van der Waals surface area contributed by atoms with Crippen molar-refractivity contribution in [3.05, 3.63) is 66.0 Å². The van der Waals surface area contributed by atoms with E-state index in [1.54, 1.807) is 18.5 Å². The maximum absolute atomic E-state index is 12.9. The van der Waals surface area contributed by atoms with Crippen molar-refractivity contribution in [2.24, 2.45) is 0 Å². The molecule has 0 atom stereocenters. The highest BCUT2D eigenvalue weighted by Crippen LogP contribution is 2.38. The van der Waals surface area contributed by atoms with Crippen LogP contribution >= 0.6 is 0 Å². The number of halogens is 3. The first-order chi connectivity index (χ1) is 17.9. The van der Waals surface area contributed by atoms with Gasteiger partial charge in [-0.1, -0.05) is 42.7 Å². The van der Waals surface area contributed by atoms with E-state index in [4.69, 9.17) is 9.97 Å². The Kier molecular flexibility index (Phi) is 6.01. The molecule has 0 N–H and O–H groups in total. The van der Waals surface area contributed by atoms with Crippen LogP contribution in [-0.2, 0) is 6.18 Å². The van der Waals surface area contributed by atoms with E-state index in [9.17, 15) is 13.2 Å². The van der Waals surface area contributed by atoms with Gasteiger partial charge in [0.2, 0.25) is 0 Å². The molecule has 1 aliphatic carbocycles. The third-order valence-electron chi connectivity index (χ3n) is 7.60. The molecule has 1 saturated carbocycles. The minimum atomic E-state index is -4.32. The fraction of sp³-hybridized carbons (Fsp3) is 0.393. The molecule has 0 unspecified atom stereocenters. The van der Waals surface area contributed by atoms with Crippen LogP contribution in [0, 0.1) is 6.92 Å². The number of benzene rings is 2. The number of hydrogen-bond acceptors (Lipinski definition) is 5. The standard InChI is InChI=1S/C28H29F3N6/c1-19-6-8-20(9-7-19)25-34-24-26(32-18-33-27(24)37(25)23-4-2-3-5-23)36-16-14-35(15-17-36)22-12-10-21(11-13-22)28(29,30)31/h6-13,18,23H,2-5,14-17H2,1H3. The SMILES string of the molecule is Cc1ccc(-c2nc3c(N4CCN(c5ccc(C(F)(F)F)cc5)CC4)ncnc3n2C2CCCC2)cc1. The molecule has 6 rings (SSSR count). The molecule has 0 amide bonds. The van der Waals surface area contributed by atoms with E-state index in [0.29, 0.717) is 32.2 Å². The van der Waals surface area contributed by atoms with E-state index >= 15 is 0 Å². The number of imidazole rings is 1. The van der Waals surface area contributed by atoms with Gasteiger partial charge >= 0.3 is 6.18 Å². The van der Waals surface area contributed by atoms with Gasteiger partial charge in [-0.3, -0.25) is 0 Å². The van der Waals surface area contributed by atoms with Gasteiger partial charge in [0.25, 0.3) is 0 Å². The number of hydrogen-bond donors (Lipinski definition) is 0. The van der Waals surface area contributed by atoms with Crippen LogP contribution in [0.3, 0.4) is 0 Å². The molecule has 1 aliphatic heterocycles. The number of alkyl halides is 3. The highest BCUT2D eigenvalue weighted by atomic mass is 19.4. The van der Waals surface area contributed by atoms with Crippen LogP contribution in [0.2, 0.25) is 0 Å². The Labute approximate surface area is 213 Å². The van der Waals surface area contributed by atoms with E-state index < -0.39 is 11.7 Å². The molecule has 2 fully saturated rings. The summed E-state index contributed by atoms with van der Waals surface area (Å²) in [5, 5.41) is 0. The van der Waals surface area contributed by atoms with Crippen LogP contribution in [0.25, 0.3) is 22.6 Å². The summed E-state index contributed by atoms with van der Waals surface area (Å²) < 4.78 is 41.1. The van der Waals surface area contributed by atoms with Crippen molar-refractivity contribution in [3.8, 4) is 11.4 Å². The van der Waals surface area contributed by atoms with E-state index in [1.165, 1.54) is 18.4 Å². The third-order valence-corrected chi connectivity index (χ3v) is 7.60. The summed E-state index contributed by atoms with van der Waals surface area (Å²) in [5.74, 6) is 1.76. The Hall–Kier alpha value is -3.62. The van der Waals surface area contributed by atoms with Gasteiger partial charge in [0, 0.05) is 43.5 Å². The molecule has 2 aliphatic rings. The molecule has 2 aromatic heterocycles. The van der Waals surface area contributed by atoms with Crippen molar-refractivity contribution in [1.82, 2.24) is 19.5 Å². The zero-order valence-electron chi connectivity index (χ0n) is 20.7. The first kappa shape index (κ1) is 23.8. The topological polar surface area (TPSA) is 50.1 Å². The van der Waals surface area contributed by atoms with E-state index in [0.717, 1.165) is 59.0 Å². The highest BCUT2D eigenvalue weighted by Gasteiger charge is 2.31. The number of nitrogens with zero attached hydrogens (tertiary/aromatic N) is 6. The quantitative estimate of drug-likeness (QED) is 0.327. The number of rotatable bonds is 4. The van der Waals surface area contributed by atoms with Crippen molar-refractivity contribution < 1.29 is 13.2 Å². The predicted molar refractivity (Wildman–Crippen MR) is 139 cm³/mol. The Morgan fingerprint density at radius 1 is 0.811 bits per heavy atom. The normalized spacial score (nSPS) is 17.2. The first-order valence-electron chi connectivity index (χ1n) is 12.9. The zero-order chi connectivity index (χ0) is 25.6. The maximum atomic E-state index is 12.9. The third kappa shape index (κ3) is 4.51. The van der Waals surface area contributed by atoms with Gasteiger partial charge in [-0.05, 0) is 44.0 Å². The summed E-state index contributed by atoms with van der Waals surface area (Å²) in [6, 6.07) is 14.3. The largest absolute Gasteiger partial charge is 0.416 e. The Balaban J connectivity index is 1.30. The van der Waals surface area contributed by atoms with Crippen LogP contribution in [0.5, 0.6) is 0 Å². The van der Waals surface area contributed by atoms with Crippen LogP contribution < -0.4 is 9.80 Å². The van der Waals surface area contributed by atoms with Crippen LogP contribution in [0.1, 0.15) is 42.9 Å². The molecule has 3 heterocycles. The second kappa shape index (κ2) is 9.36. The number of aromatic nitrogens is 4. The molecule has 9 heteroatoms. The van der Waals surface area contributed by atoms with Gasteiger partial charge < -0.3 is 14.4 Å². The Bertz CT molecular complexity index is 1380. The van der Waals surface area contributed by atoms with Crippen molar-refractivity contribution in [2.75, 3.05) is 36.0 Å². The lowest BCUT2D eigenvalue weighted by Gasteiger charge is -2.36. The lowest BCUT2D eigenvalue weighted by atomic mass is 10.1. The fourth-order valence-corrected chi connectivity index (χ4v) is 5.58. The summed E-state index contributed by atoms with van der Waals surface area (Å²) in [4.78, 5) is 18.8. The van der Waals surface area contributed by atoms with Gasteiger partial charge in [-0.2, -0.15) is 13.2 Å². The lowest BCUT2D eigenvalue weighted by Crippen LogP contribution is -2.47. The van der Waals surface area contributed by atoms with Crippen molar-refractivity contribution in [1.29, 1.82) is 0 Å². The van der Waals surface area contributed by atoms with Crippen LogP contribution in [-0.4, -0.2) is 45.7 Å². The van der Waals surface area contributed by atoms with Crippen molar-refractivity contribution in [3.63, 3.8) is 0 Å². The van der Waals surface area contributed by atoms with E-state index in [2.05, 4.69) is 50.5 Å². The smallest absolute Gasteiger partial charge is 0.368 e. The second-order valence-corrected chi connectivity index (χ2v) is 10.00. The molecular formula is C28H29F3N6. The maximum Gasteiger partial charge on any atom is 0.416 e. The fourth-order valence-electron chi connectivity index (χ4n) is 5.58. The average molecular weight is 507 g/mol. The van der Waals surface area contributed by atoms with Crippen molar-refractivity contribution >= 4 is 22.7 Å². The monoisotopic (exact) mass is 506 g/mol. The molecule has 0 radical (unpaired) electrons. The minimum absolute atomic E-state index is 0.376. The summed E-state index contributed by atoms with van der Waals surface area (Å²) >= 11 is 0. The van der Waals surface area contributed by atoms with Gasteiger partial charge in [0.05, 0.1) is 5.56 Å². The summed E-state index contributed by atoms with van der Waals surface area (Å²) in [6.45, 7) is 4.85. The van der Waals surface area contributed by atoms with E-state index in [-0.39, 0.29) is 0 Å². The van der Waals surface area contributed by atoms with Gasteiger partial charge in [0.15, 0.2) is 17.0 Å². The Morgan fingerprint density at radius 2 is 1.46 bits per heavy atom. The summed E-state index contributed by atoms with van der Waals surface area (Å²) in [6.07, 6.45) is 1.97. The number of piperazine rings is 1. The summed E-state index contributed by atoms with van der Waals surface area (Å²) in [5.41, 5.74) is 4.14.